The monoisotopic (exact) mass is 291 g/mol. The van der Waals surface area contributed by atoms with Crippen molar-refractivity contribution in [1.29, 1.82) is 0 Å². The second-order valence-electron chi connectivity index (χ2n) is 4.67. The number of thioether (sulfide) groups is 1. The summed E-state index contributed by atoms with van der Waals surface area (Å²) in [5.41, 5.74) is 8.38. The standard InChI is InChI=1S/C16H18ClNS/c1-12(18)10-13-6-3-5-9-16(13)19-11-14-7-2-4-8-15(14)17/h2-9,12H,10-11,18H2,1H3. The molecule has 0 radical (unpaired) electrons. The molecular weight excluding hydrogens is 274 g/mol. The maximum Gasteiger partial charge on any atom is 0.0446 e. The van der Waals surface area contributed by atoms with Crippen LogP contribution in [0, 0.1) is 0 Å². The fourth-order valence-corrected chi connectivity index (χ4v) is 3.29. The fraction of sp³-hybridized carbons (Fsp3) is 0.250. The first-order valence-corrected chi connectivity index (χ1v) is 7.73. The summed E-state index contributed by atoms with van der Waals surface area (Å²) in [6.07, 6.45) is 0.908. The second kappa shape index (κ2) is 6.99. The molecule has 0 aromatic heterocycles. The third-order valence-electron chi connectivity index (χ3n) is 2.86. The van der Waals surface area contributed by atoms with E-state index in [-0.39, 0.29) is 6.04 Å². The molecule has 0 aliphatic carbocycles. The van der Waals surface area contributed by atoms with E-state index in [9.17, 15) is 0 Å². The van der Waals surface area contributed by atoms with Crippen LogP contribution in [-0.2, 0) is 12.2 Å². The number of benzene rings is 2. The van der Waals surface area contributed by atoms with E-state index in [2.05, 4.69) is 30.3 Å². The Morgan fingerprint density at radius 1 is 1.05 bits per heavy atom. The first-order valence-electron chi connectivity index (χ1n) is 6.36. The van der Waals surface area contributed by atoms with Crippen molar-refractivity contribution >= 4 is 23.4 Å². The van der Waals surface area contributed by atoms with Gasteiger partial charge in [-0.2, -0.15) is 0 Å². The Balaban J connectivity index is 2.09. The van der Waals surface area contributed by atoms with Crippen LogP contribution in [0.25, 0.3) is 0 Å². The molecule has 2 rings (SSSR count). The van der Waals surface area contributed by atoms with E-state index in [1.807, 2.05) is 36.9 Å². The number of nitrogens with two attached hydrogens (primary N) is 1. The zero-order valence-electron chi connectivity index (χ0n) is 11.0. The molecule has 0 aliphatic heterocycles. The lowest BCUT2D eigenvalue weighted by molar-refractivity contribution is 0.729. The first-order chi connectivity index (χ1) is 9.16. The molecule has 0 aliphatic rings. The van der Waals surface area contributed by atoms with Gasteiger partial charge in [0, 0.05) is 21.7 Å². The third-order valence-corrected chi connectivity index (χ3v) is 4.39. The highest BCUT2D eigenvalue weighted by Crippen LogP contribution is 2.29. The highest BCUT2D eigenvalue weighted by atomic mass is 35.5. The van der Waals surface area contributed by atoms with E-state index >= 15 is 0 Å². The van der Waals surface area contributed by atoms with E-state index < -0.39 is 0 Å². The van der Waals surface area contributed by atoms with Crippen LogP contribution < -0.4 is 5.73 Å². The van der Waals surface area contributed by atoms with E-state index in [0.29, 0.717) is 0 Å². The summed E-state index contributed by atoms with van der Waals surface area (Å²) in [6.45, 7) is 2.04. The lowest BCUT2D eigenvalue weighted by Gasteiger charge is -2.11. The van der Waals surface area contributed by atoms with Gasteiger partial charge in [0.1, 0.15) is 0 Å². The number of halogens is 1. The van der Waals surface area contributed by atoms with Crippen LogP contribution in [0.15, 0.2) is 53.4 Å². The molecule has 3 heteroatoms. The smallest absolute Gasteiger partial charge is 0.0446 e. The first kappa shape index (κ1) is 14.4. The van der Waals surface area contributed by atoms with Gasteiger partial charge in [-0.1, -0.05) is 48.0 Å². The van der Waals surface area contributed by atoms with Crippen LogP contribution in [0.5, 0.6) is 0 Å². The molecule has 19 heavy (non-hydrogen) atoms. The SMILES string of the molecule is CC(N)Cc1ccccc1SCc1ccccc1Cl. The fourth-order valence-electron chi connectivity index (χ4n) is 1.93. The van der Waals surface area contributed by atoms with Gasteiger partial charge >= 0.3 is 0 Å². The summed E-state index contributed by atoms with van der Waals surface area (Å²) in [7, 11) is 0. The van der Waals surface area contributed by atoms with Gasteiger partial charge < -0.3 is 5.73 Å². The highest BCUT2D eigenvalue weighted by Gasteiger charge is 2.06. The molecule has 2 aromatic rings. The zero-order chi connectivity index (χ0) is 13.7. The number of rotatable bonds is 5. The van der Waals surface area contributed by atoms with E-state index in [4.69, 9.17) is 17.3 Å². The zero-order valence-corrected chi connectivity index (χ0v) is 12.5. The summed E-state index contributed by atoms with van der Waals surface area (Å²) in [5, 5.41) is 0.833. The summed E-state index contributed by atoms with van der Waals surface area (Å²) < 4.78 is 0. The van der Waals surface area contributed by atoms with Crippen LogP contribution in [0.1, 0.15) is 18.1 Å². The summed E-state index contributed by atoms with van der Waals surface area (Å²) in [4.78, 5) is 1.29. The Morgan fingerprint density at radius 2 is 1.68 bits per heavy atom. The van der Waals surface area contributed by atoms with Crippen molar-refractivity contribution in [3.05, 3.63) is 64.7 Å². The van der Waals surface area contributed by atoms with Crippen molar-refractivity contribution < 1.29 is 0 Å². The van der Waals surface area contributed by atoms with Gasteiger partial charge in [0.05, 0.1) is 0 Å². The average molecular weight is 292 g/mol. The normalized spacial score (nSPS) is 12.4. The van der Waals surface area contributed by atoms with Crippen molar-refractivity contribution in [3.8, 4) is 0 Å². The Morgan fingerprint density at radius 3 is 2.37 bits per heavy atom. The minimum absolute atomic E-state index is 0.182. The average Bonchev–Trinajstić information content (AvgIpc) is 2.39. The Labute approximate surface area is 124 Å². The molecule has 0 amide bonds. The predicted molar refractivity (Wildman–Crippen MR) is 84.8 cm³/mol. The molecule has 0 fully saturated rings. The summed E-state index contributed by atoms with van der Waals surface area (Å²) in [6, 6.07) is 16.6. The Bertz CT molecular complexity index is 540. The highest BCUT2D eigenvalue weighted by molar-refractivity contribution is 7.98. The lowest BCUT2D eigenvalue weighted by atomic mass is 10.1. The quantitative estimate of drug-likeness (QED) is 0.820. The molecule has 0 saturated heterocycles. The van der Waals surface area contributed by atoms with Crippen LogP contribution in [0.3, 0.4) is 0 Å². The van der Waals surface area contributed by atoms with Crippen molar-refractivity contribution in [2.75, 3.05) is 0 Å². The van der Waals surface area contributed by atoms with Gasteiger partial charge in [-0.05, 0) is 36.6 Å². The number of hydrogen-bond acceptors (Lipinski definition) is 2. The van der Waals surface area contributed by atoms with Gasteiger partial charge in [-0.3, -0.25) is 0 Å². The van der Waals surface area contributed by atoms with Crippen LogP contribution in [-0.4, -0.2) is 6.04 Å². The number of hydrogen-bond donors (Lipinski definition) is 1. The minimum Gasteiger partial charge on any atom is -0.328 e. The van der Waals surface area contributed by atoms with Crippen molar-refractivity contribution in [2.45, 2.75) is 30.0 Å². The van der Waals surface area contributed by atoms with Crippen LogP contribution in [0.2, 0.25) is 5.02 Å². The maximum absolute atomic E-state index is 6.18. The van der Waals surface area contributed by atoms with Crippen molar-refractivity contribution in [2.24, 2.45) is 5.73 Å². The van der Waals surface area contributed by atoms with Crippen LogP contribution >= 0.6 is 23.4 Å². The summed E-state index contributed by atoms with van der Waals surface area (Å²) in [5.74, 6) is 0.885. The van der Waals surface area contributed by atoms with Crippen molar-refractivity contribution in [3.63, 3.8) is 0 Å². The van der Waals surface area contributed by atoms with E-state index in [1.165, 1.54) is 16.0 Å². The molecule has 0 spiro atoms. The molecule has 0 saturated carbocycles. The predicted octanol–water partition coefficient (Wildman–Crippen LogP) is 4.52. The van der Waals surface area contributed by atoms with Gasteiger partial charge in [0.15, 0.2) is 0 Å². The van der Waals surface area contributed by atoms with Gasteiger partial charge in [-0.15, -0.1) is 11.8 Å². The molecule has 0 heterocycles. The van der Waals surface area contributed by atoms with Gasteiger partial charge in [0.2, 0.25) is 0 Å². The molecule has 1 unspecified atom stereocenters. The molecular formula is C16H18ClNS. The molecule has 2 N–H and O–H groups in total. The van der Waals surface area contributed by atoms with E-state index in [0.717, 1.165) is 17.2 Å². The molecule has 0 bridgehead atoms. The third kappa shape index (κ3) is 4.27. The maximum atomic E-state index is 6.18. The van der Waals surface area contributed by atoms with E-state index in [1.54, 1.807) is 0 Å². The summed E-state index contributed by atoms with van der Waals surface area (Å²) >= 11 is 8.00. The molecule has 100 valence electrons. The molecule has 1 nitrogen and oxygen atoms in total. The van der Waals surface area contributed by atoms with Gasteiger partial charge in [-0.25, -0.2) is 0 Å². The van der Waals surface area contributed by atoms with Gasteiger partial charge in [0.25, 0.3) is 0 Å². The molecule has 1 atom stereocenters. The largest absolute Gasteiger partial charge is 0.328 e. The van der Waals surface area contributed by atoms with Crippen molar-refractivity contribution in [1.82, 2.24) is 0 Å². The molecule has 2 aromatic carbocycles. The Hall–Kier alpha value is -0.960. The Kier molecular flexibility index (Phi) is 5.32. The van der Waals surface area contributed by atoms with Crippen LogP contribution in [0.4, 0.5) is 0 Å². The topological polar surface area (TPSA) is 26.0 Å². The second-order valence-corrected chi connectivity index (χ2v) is 6.09. The lowest BCUT2D eigenvalue weighted by Crippen LogP contribution is -2.18. The minimum atomic E-state index is 0.182.